The Morgan fingerprint density at radius 3 is 2.61 bits per heavy atom. The maximum absolute atomic E-state index is 14.8. The van der Waals surface area contributed by atoms with Crippen molar-refractivity contribution in [2.24, 2.45) is 0 Å². The van der Waals surface area contributed by atoms with E-state index in [4.69, 9.17) is 23.2 Å². The molecule has 0 aliphatic carbocycles. The van der Waals surface area contributed by atoms with E-state index in [9.17, 15) is 13.9 Å². The lowest BCUT2D eigenvalue weighted by molar-refractivity contribution is -0.0355. The molecule has 0 unspecified atom stereocenters. The van der Waals surface area contributed by atoms with Crippen LogP contribution in [0, 0.1) is 11.6 Å². The third-order valence-electron chi connectivity index (χ3n) is 5.46. The van der Waals surface area contributed by atoms with E-state index in [1.807, 2.05) is 6.92 Å². The highest BCUT2D eigenvalue weighted by Crippen LogP contribution is 2.40. The normalized spacial score (nSPS) is 14.7. The summed E-state index contributed by atoms with van der Waals surface area (Å²) in [4.78, 5) is 3.89. The fraction of sp³-hybridized carbons (Fsp3) is 0.286. The van der Waals surface area contributed by atoms with Crippen LogP contribution in [0.25, 0.3) is 10.9 Å². The molecule has 0 spiro atoms. The molecule has 0 saturated heterocycles. The summed E-state index contributed by atoms with van der Waals surface area (Å²) in [6.07, 6.45) is 3.31. The topological polar surface area (TPSA) is 68.8 Å². The standard InChI is InChI=1S/C21H19Cl2F2N5O/c1-3-19-15-6-13(22)7-17(23)20(15)30(28-19)12(2)21(31,9-29-11-26-10-27-29)16-5-4-14(24)8-18(16)25/h4-8,10-12,31H,3,9H2,1-2H3/t12-,21-/m1/s1. The molecule has 2 atom stereocenters. The minimum atomic E-state index is -1.86. The van der Waals surface area contributed by atoms with E-state index in [0.29, 0.717) is 22.0 Å². The Labute approximate surface area is 187 Å². The number of aliphatic hydroxyl groups is 1. The highest BCUT2D eigenvalue weighted by molar-refractivity contribution is 6.38. The Hall–Kier alpha value is -2.55. The second kappa shape index (κ2) is 8.18. The molecule has 1 N–H and O–H groups in total. The number of hydrogen-bond donors (Lipinski definition) is 1. The lowest BCUT2D eigenvalue weighted by Crippen LogP contribution is -2.41. The minimum absolute atomic E-state index is 0.0938. The summed E-state index contributed by atoms with van der Waals surface area (Å²) in [5, 5.41) is 22.1. The van der Waals surface area contributed by atoms with Gasteiger partial charge in [0, 0.05) is 22.0 Å². The monoisotopic (exact) mass is 465 g/mol. The third kappa shape index (κ3) is 3.79. The molecule has 0 aliphatic rings. The maximum Gasteiger partial charge on any atom is 0.137 e. The van der Waals surface area contributed by atoms with E-state index in [1.165, 1.54) is 23.4 Å². The molecule has 6 nitrogen and oxygen atoms in total. The molecule has 2 aromatic heterocycles. The summed E-state index contributed by atoms with van der Waals surface area (Å²) in [7, 11) is 0. The van der Waals surface area contributed by atoms with Gasteiger partial charge in [0.25, 0.3) is 0 Å². The predicted molar refractivity (Wildman–Crippen MR) is 114 cm³/mol. The maximum atomic E-state index is 14.8. The third-order valence-corrected chi connectivity index (χ3v) is 5.96. The Morgan fingerprint density at radius 1 is 1.19 bits per heavy atom. The molecular weight excluding hydrogens is 447 g/mol. The van der Waals surface area contributed by atoms with Crippen molar-refractivity contribution in [3.63, 3.8) is 0 Å². The van der Waals surface area contributed by atoms with E-state index in [2.05, 4.69) is 15.2 Å². The summed E-state index contributed by atoms with van der Waals surface area (Å²) < 4.78 is 31.4. The smallest absolute Gasteiger partial charge is 0.137 e. The van der Waals surface area contributed by atoms with E-state index < -0.39 is 23.3 Å². The number of aromatic nitrogens is 5. The van der Waals surface area contributed by atoms with Crippen LogP contribution in [-0.2, 0) is 18.6 Å². The summed E-state index contributed by atoms with van der Waals surface area (Å²) in [6.45, 7) is 3.48. The van der Waals surface area contributed by atoms with Crippen molar-refractivity contribution in [2.45, 2.75) is 38.5 Å². The van der Waals surface area contributed by atoms with Crippen LogP contribution in [0.1, 0.15) is 31.1 Å². The molecule has 4 aromatic rings. The quantitative estimate of drug-likeness (QED) is 0.438. The fourth-order valence-electron chi connectivity index (χ4n) is 3.84. The van der Waals surface area contributed by atoms with Crippen LogP contribution in [0.4, 0.5) is 8.78 Å². The van der Waals surface area contributed by atoms with Gasteiger partial charge in [-0.2, -0.15) is 10.2 Å². The van der Waals surface area contributed by atoms with Crippen LogP contribution >= 0.6 is 23.2 Å². The average molecular weight is 466 g/mol. The highest BCUT2D eigenvalue weighted by Gasteiger charge is 2.41. The first-order valence-corrected chi connectivity index (χ1v) is 10.4. The molecule has 31 heavy (non-hydrogen) atoms. The molecule has 10 heteroatoms. The van der Waals surface area contributed by atoms with Gasteiger partial charge in [0.15, 0.2) is 0 Å². The van der Waals surface area contributed by atoms with Gasteiger partial charge < -0.3 is 5.11 Å². The Bertz CT molecular complexity index is 1240. The van der Waals surface area contributed by atoms with Crippen LogP contribution in [0.2, 0.25) is 10.0 Å². The molecular formula is C21H19Cl2F2N5O. The highest BCUT2D eigenvalue weighted by atomic mass is 35.5. The number of nitrogens with zero attached hydrogens (tertiary/aromatic N) is 5. The van der Waals surface area contributed by atoms with Gasteiger partial charge in [0.2, 0.25) is 0 Å². The van der Waals surface area contributed by atoms with Crippen LogP contribution in [0.5, 0.6) is 0 Å². The van der Waals surface area contributed by atoms with Crippen molar-refractivity contribution in [1.82, 2.24) is 24.5 Å². The fourth-order valence-corrected chi connectivity index (χ4v) is 4.42. The zero-order valence-corrected chi connectivity index (χ0v) is 18.2. The molecule has 2 aromatic carbocycles. The molecule has 0 saturated carbocycles. The van der Waals surface area contributed by atoms with Crippen molar-refractivity contribution in [2.75, 3.05) is 0 Å². The van der Waals surface area contributed by atoms with Crippen molar-refractivity contribution in [3.05, 3.63) is 75.9 Å². The summed E-state index contributed by atoms with van der Waals surface area (Å²) in [6, 6.07) is 5.58. The lowest BCUT2D eigenvalue weighted by atomic mass is 9.86. The molecule has 162 valence electrons. The number of aryl methyl sites for hydroxylation is 1. The van der Waals surface area contributed by atoms with Gasteiger partial charge in [-0.15, -0.1) is 0 Å². The summed E-state index contributed by atoms with van der Waals surface area (Å²) >= 11 is 12.7. The molecule has 2 heterocycles. The number of benzene rings is 2. The SMILES string of the molecule is CCc1nn([C@H](C)[C@](O)(Cn2cncn2)c2ccc(F)cc2F)c2c(Cl)cc(Cl)cc12. The second-order valence-corrected chi connectivity index (χ2v) is 8.19. The molecule has 4 rings (SSSR count). The van der Waals surface area contributed by atoms with Crippen LogP contribution in [0.15, 0.2) is 43.0 Å². The molecule has 0 aliphatic heterocycles. The van der Waals surface area contributed by atoms with Gasteiger partial charge in [0.1, 0.15) is 29.9 Å². The van der Waals surface area contributed by atoms with Gasteiger partial charge in [-0.1, -0.05) is 36.2 Å². The van der Waals surface area contributed by atoms with Crippen LogP contribution in [0.3, 0.4) is 0 Å². The number of rotatable bonds is 6. The summed E-state index contributed by atoms with van der Waals surface area (Å²) in [5.74, 6) is -1.62. The average Bonchev–Trinajstić information content (AvgIpc) is 3.34. The number of halogens is 4. The van der Waals surface area contributed by atoms with Gasteiger partial charge in [-0.25, -0.2) is 18.4 Å². The van der Waals surface area contributed by atoms with Gasteiger partial charge in [0.05, 0.1) is 28.8 Å². The lowest BCUT2D eigenvalue weighted by Gasteiger charge is -2.35. The Morgan fingerprint density at radius 2 is 1.97 bits per heavy atom. The predicted octanol–water partition coefficient (Wildman–Crippen LogP) is 4.92. The van der Waals surface area contributed by atoms with E-state index >= 15 is 0 Å². The second-order valence-electron chi connectivity index (χ2n) is 7.35. The first kappa shape index (κ1) is 21.7. The molecule has 0 bridgehead atoms. The van der Waals surface area contributed by atoms with Crippen molar-refractivity contribution < 1.29 is 13.9 Å². The van der Waals surface area contributed by atoms with Crippen molar-refractivity contribution in [3.8, 4) is 0 Å². The Kier molecular flexibility index (Phi) is 5.72. The van der Waals surface area contributed by atoms with Crippen LogP contribution in [-0.4, -0.2) is 29.7 Å². The Balaban J connectivity index is 1.94. The molecule has 0 fully saturated rings. The summed E-state index contributed by atoms with van der Waals surface area (Å²) in [5.41, 5.74) is -0.661. The van der Waals surface area contributed by atoms with E-state index in [-0.39, 0.29) is 12.1 Å². The zero-order valence-electron chi connectivity index (χ0n) is 16.7. The molecule has 0 amide bonds. The van der Waals surface area contributed by atoms with Crippen molar-refractivity contribution >= 4 is 34.1 Å². The zero-order chi connectivity index (χ0) is 22.3. The minimum Gasteiger partial charge on any atom is -0.381 e. The van der Waals surface area contributed by atoms with Crippen LogP contribution < -0.4 is 0 Å². The van der Waals surface area contributed by atoms with Gasteiger partial charge in [-0.05, 0) is 31.5 Å². The first-order chi connectivity index (χ1) is 14.7. The number of fused-ring (bicyclic) bond motifs is 1. The first-order valence-electron chi connectivity index (χ1n) is 9.61. The van der Waals surface area contributed by atoms with Crippen molar-refractivity contribution in [1.29, 1.82) is 0 Å². The van der Waals surface area contributed by atoms with E-state index in [1.54, 1.807) is 23.7 Å². The molecule has 0 radical (unpaired) electrons. The largest absolute Gasteiger partial charge is 0.381 e. The van der Waals surface area contributed by atoms with E-state index in [0.717, 1.165) is 23.2 Å². The van der Waals surface area contributed by atoms with Gasteiger partial charge >= 0.3 is 0 Å². The van der Waals surface area contributed by atoms with Gasteiger partial charge in [-0.3, -0.25) is 4.68 Å². The number of hydrogen-bond acceptors (Lipinski definition) is 4.